The van der Waals surface area contributed by atoms with Crippen molar-refractivity contribution in [2.24, 2.45) is 0 Å². The SMILES string of the molecule is N=CCc1ccc(N(c2ccccc2)c2ccccc2)cc1. The van der Waals surface area contributed by atoms with E-state index in [-0.39, 0.29) is 0 Å². The summed E-state index contributed by atoms with van der Waals surface area (Å²) in [7, 11) is 0. The molecule has 0 spiro atoms. The van der Waals surface area contributed by atoms with Gasteiger partial charge in [-0.1, -0.05) is 48.5 Å². The van der Waals surface area contributed by atoms with Crippen LogP contribution in [0.4, 0.5) is 17.1 Å². The number of benzene rings is 3. The summed E-state index contributed by atoms with van der Waals surface area (Å²) >= 11 is 0. The topological polar surface area (TPSA) is 27.1 Å². The zero-order chi connectivity index (χ0) is 15.2. The fourth-order valence-corrected chi connectivity index (χ4v) is 2.50. The number of rotatable bonds is 5. The third kappa shape index (κ3) is 3.07. The van der Waals surface area contributed by atoms with Crippen LogP contribution >= 0.6 is 0 Å². The Morgan fingerprint density at radius 2 is 1.09 bits per heavy atom. The van der Waals surface area contributed by atoms with E-state index in [9.17, 15) is 0 Å². The van der Waals surface area contributed by atoms with Gasteiger partial charge in [0.15, 0.2) is 0 Å². The Kier molecular flexibility index (Phi) is 4.30. The molecule has 3 rings (SSSR count). The summed E-state index contributed by atoms with van der Waals surface area (Å²) in [5.74, 6) is 0. The second kappa shape index (κ2) is 6.72. The molecule has 3 aromatic rings. The van der Waals surface area contributed by atoms with Crippen molar-refractivity contribution in [3.8, 4) is 0 Å². The van der Waals surface area contributed by atoms with Crippen LogP contribution in [-0.2, 0) is 6.42 Å². The van der Waals surface area contributed by atoms with Crippen LogP contribution in [0.1, 0.15) is 5.56 Å². The molecule has 0 amide bonds. The first-order valence-electron chi connectivity index (χ1n) is 7.36. The van der Waals surface area contributed by atoms with Gasteiger partial charge in [-0.3, -0.25) is 0 Å². The van der Waals surface area contributed by atoms with Crippen molar-refractivity contribution in [3.63, 3.8) is 0 Å². The van der Waals surface area contributed by atoms with Crippen LogP contribution in [0, 0.1) is 5.41 Å². The lowest BCUT2D eigenvalue weighted by Gasteiger charge is -2.25. The van der Waals surface area contributed by atoms with Crippen molar-refractivity contribution >= 4 is 23.3 Å². The van der Waals surface area contributed by atoms with Gasteiger partial charge in [-0.15, -0.1) is 0 Å². The maximum atomic E-state index is 7.21. The third-order valence-electron chi connectivity index (χ3n) is 3.56. The molecular formula is C20H18N2. The minimum atomic E-state index is 0.678. The molecule has 0 saturated heterocycles. The van der Waals surface area contributed by atoms with Gasteiger partial charge in [0, 0.05) is 23.5 Å². The fourth-order valence-electron chi connectivity index (χ4n) is 2.50. The molecule has 0 radical (unpaired) electrons. The Hall–Kier alpha value is -2.87. The molecule has 2 nitrogen and oxygen atoms in total. The Bertz CT molecular complexity index is 679. The van der Waals surface area contributed by atoms with E-state index in [0.29, 0.717) is 6.42 Å². The maximum Gasteiger partial charge on any atom is 0.0461 e. The molecule has 3 aromatic carbocycles. The van der Waals surface area contributed by atoms with E-state index in [1.54, 1.807) is 0 Å². The van der Waals surface area contributed by atoms with Crippen molar-refractivity contribution in [3.05, 3.63) is 90.5 Å². The average molecular weight is 286 g/mol. The molecule has 22 heavy (non-hydrogen) atoms. The lowest BCUT2D eigenvalue weighted by Crippen LogP contribution is -2.09. The summed E-state index contributed by atoms with van der Waals surface area (Å²) in [6.07, 6.45) is 2.11. The number of hydrogen-bond acceptors (Lipinski definition) is 2. The smallest absolute Gasteiger partial charge is 0.0461 e. The normalized spacial score (nSPS) is 10.2. The highest BCUT2D eigenvalue weighted by Gasteiger charge is 2.11. The summed E-state index contributed by atoms with van der Waals surface area (Å²) in [5, 5.41) is 7.21. The van der Waals surface area contributed by atoms with Gasteiger partial charge in [0.25, 0.3) is 0 Å². The first-order valence-corrected chi connectivity index (χ1v) is 7.36. The average Bonchev–Trinajstić information content (AvgIpc) is 2.59. The van der Waals surface area contributed by atoms with E-state index >= 15 is 0 Å². The van der Waals surface area contributed by atoms with Gasteiger partial charge in [0.1, 0.15) is 0 Å². The number of para-hydroxylation sites is 2. The number of nitrogens with zero attached hydrogens (tertiary/aromatic N) is 1. The third-order valence-corrected chi connectivity index (χ3v) is 3.56. The zero-order valence-electron chi connectivity index (χ0n) is 12.3. The minimum Gasteiger partial charge on any atom is -0.313 e. The summed E-state index contributed by atoms with van der Waals surface area (Å²) in [6.45, 7) is 0. The van der Waals surface area contributed by atoms with E-state index in [0.717, 1.165) is 22.6 Å². The summed E-state index contributed by atoms with van der Waals surface area (Å²) in [6, 6.07) is 29.1. The molecule has 0 saturated carbocycles. The molecule has 108 valence electrons. The van der Waals surface area contributed by atoms with Gasteiger partial charge in [0.05, 0.1) is 0 Å². The molecule has 0 fully saturated rings. The Labute approximate surface area is 131 Å². The summed E-state index contributed by atoms with van der Waals surface area (Å²) < 4.78 is 0. The van der Waals surface area contributed by atoms with Gasteiger partial charge < -0.3 is 10.3 Å². The first-order chi connectivity index (χ1) is 10.9. The maximum absolute atomic E-state index is 7.21. The highest BCUT2D eigenvalue weighted by molar-refractivity contribution is 5.76. The molecule has 1 N–H and O–H groups in total. The molecule has 0 heterocycles. The monoisotopic (exact) mass is 286 g/mol. The second-order valence-corrected chi connectivity index (χ2v) is 5.08. The van der Waals surface area contributed by atoms with Gasteiger partial charge >= 0.3 is 0 Å². The first kappa shape index (κ1) is 14.1. The zero-order valence-corrected chi connectivity index (χ0v) is 12.3. The molecule has 0 aliphatic carbocycles. The van der Waals surface area contributed by atoms with Crippen LogP contribution in [-0.4, -0.2) is 6.21 Å². The predicted molar refractivity (Wildman–Crippen MR) is 93.6 cm³/mol. The Morgan fingerprint density at radius 1 is 0.636 bits per heavy atom. The molecule has 0 aromatic heterocycles. The Balaban J connectivity index is 2.04. The number of anilines is 3. The molecule has 0 aliphatic heterocycles. The highest BCUT2D eigenvalue weighted by Crippen LogP contribution is 2.33. The molecule has 0 bridgehead atoms. The van der Waals surface area contributed by atoms with Gasteiger partial charge in [-0.25, -0.2) is 0 Å². The molecule has 0 unspecified atom stereocenters. The van der Waals surface area contributed by atoms with Gasteiger partial charge in [-0.05, 0) is 48.2 Å². The highest BCUT2D eigenvalue weighted by atomic mass is 15.1. The van der Waals surface area contributed by atoms with Gasteiger partial charge in [-0.2, -0.15) is 0 Å². The lowest BCUT2D eigenvalue weighted by molar-refractivity contribution is 1.26. The largest absolute Gasteiger partial charge is 0.313 e. The molecular weight excluding hydrogens is 268 g/mol. The molecule has 0 aliphatic rings. The van der Waals surface area contributed by atoms with E-state index in [2.05, 4.69) is 77.7 Å². The van der Waals surface area contributed by atoms with Crippen molar-refractivity contribution < 1.29 is 0 Å². The number of nitrogens with one attached hydrogen (secondary N) is 1. The molecule has 0 atom stereocenters. The van der Waals surface area contributed by atoms with Crippen LogP contribution < -0.4 is 4.90 Å². The number of hydrogen-bond donors (Lipinski definition) is 1. The van der Waals surface area contributed by atoms with Crippen LogP contribution in [0.2, 0.25) is 0 Å². The van der Waals surface area contributed by atoms with Crippen LogP contribution in [0.3, 0.4) is 0 Å². The summed E-state index contributed by atoms with van der Waals surface area (Å²) in [5.41, 5.74) is 4.54. The second-order valence-electron chi connectivity index (χ2n) is 5.08. The summed E-state index contributed by atoms with van der Waals surface area (Å²) in [4.78, 5) is 2.23. The van der Waals surface area contributed by atoms with E-state index < -0.39 is 0 Å². The van der Waals surface area contributed by atoms with E-state index in [4.69, 9.17) is 5.41 Å². The Morgan fingerprint density at radius 3 is 1.55 bits per heavy atom. The van der Waals surface area contributed by atoms with Crippen LogP contribution in [0.15, 0.2) is 84.9 Å². The van der Waals surface area contributed by atoms with Crippen LogP contribution in [0.25, 0.3) is 0 Å². The quantitative estimate of drug-likeness (QED) is 0.629. The lowest BCUT2D eigenvalue weighted by atomic mass is 10.1. The predicted octanol–water partition coefficient (Wildman–Crippen LogP) is 5.35. The van der Waals surface area contributed by atoms with Gasteiger partial charge in [0.2, 0.25) is 0 Å². The van der Waals surface area contributed by atoms with Crippen molar-refractivity contribution in [1.82, 2.24) is 0 Å². The van der Waals surface area contributed by atoms with Crippen molar-refractivity contribution in [1.29, 1.82) is 5.41 Å². The van der Waals surface area contributed by atoms with Crippen LogP contribution in [0.5, 0.6) is 0 Å². The minimum absolute atomic E-state index is 0.678. The van der Waals surface area contributed by atoms with Crippen molar-refractivity contribution in [2.75, 3.05) is 4.90 Å². The van der Waals surface area contributed by atoms with Crippen molar-refractivity contribution in [2.45, 2.75) is 6.42 Å². The van der Waals surface area contributed by atoms with E-state index in [1.807, 2.05) is 12.1 Å². The van der Waals surface area contributed by atoms with E-state index in [1.165, 1.54) is 6.21 Å². The standard InChI is InChI=1S/C20H18N2/c21-16-15-17-11-13-20(14-12-17)22(18-7-3-1-4-8-18)19-9-5-2-6-10-19/h1-14,16,21H,15H2. The fraction of sp³-hybridized carbons (Fsp3) is 0.0500. The molecule has 2 heteroatoms.